The lowest BCUT2D eigenvalue weighted by Gasteiger charge is -2.13. The van der Waals surface area contributed by atoms with Gasteiger partial charge in [-0.05, 0) is 25.1 Å². The minimum atomic E-state index is -4.47. The number of rotatable bonds is 6. The fourth-order valence-corrected chi connectivity index (χ4v) is 1.56. The summed E-state index contributed by atoms with van der Waals surface area (Å²) in [7, 11) is 0. The number of halogens is 3. The van der Waals surface area contributed by atoms with Crippen LogP contribution >= 0.6 is 0 Å². The second-order valence-electron chi connectivity index (χ2n) is 4.09. The molecule has 1 rings (SSSR count). The molecular weight excluding hydrogens is 257 g/mol. The predicted octanol–water partition coefficient (Wildman–Crippen LogP) is 3.03. The Labute approximate surface area is 110 Å². The third-order valence-corrected chi connectivity index (χ3v) is 2.46. The highest BCUT2D eigenvalue weighted by Gasteiger charge is 2.33. The molecule has 106 valence electrons. The van der Waals surface area contributed by atoms with Gasteiger partial charge in [0.15, 0.2) is 0 Å². The quantitative estimate of drug-likeness (QED) is 0.783. The first-order valence-corrected chi connectivity index (χ1v) is 6.12. The van der Waals surface area contributed by atoms with Gasteiger partial charge in [0.25, 0.3) is 0 Å². The van der Waals surface area contributed by atoms with Crippen molar-refractivity contribution in [3.8, 4) is 0 Å². The lowest BCUT2D eigenvalue weighted by atomic mass is 10.1. The summed E-state index contributed by atoms with van der Waals surface area (Å²) in [6, 6.07) is 4.95. The number of nitrogens with one attached hydrogen (secondary N) is 2. The highest BCUT2D eigenvalue weighted by atomic mass is 19.4. The number of hydrogen-bond acceptors (Lipinski definition) is 2. The zero-order chi connectivity index (χ0) is 14.3. The number of benzene rings is 1. The Morgan fingerprint density at radius 2 is 1.89 bits per heavy atom. The number of alkyl halides is 3. The van der Waals surface area contributed by atoms with Gasteiger partial charge in [0.05, 0.1) is 11.3 Å². The van der Waals surface area contributed by atoms with Crippen LogP contribution in [0, 0.1) is 0 Å². The van der Waals surface area contributed by atoms with Gasteiger partial charge in [-0.15, -0.1) is 0 Å². The van der Waals surface area contributed by atoms with Crippen molar-refractivity contribution >= 4 is 11.6 Å². The van der Waals surface area contributed by atoms with E-state index in [2.05, 4.69) is 10.6 Å². The Bertz CT molecular complexity index is 419. The molecule has 0 spiro atoms. The maximum atomic E-state index is 12.7. The lowest BCUT2D eigenvalue weighted by molar-refractivity contribution is -0.137. The molecule has 1 amide bonds. The summed E-state index contributed by atoms with van der Waals surface area (Å²) in [6.45, 7) is 3.23. The summed E-state index contributed by atoms with van der Waals surface area (Å²) < 4.78 is 38.1. The summed E-state index contributed by atoms with van der Waals surface area (Å²) >= 11 is 0. The van der Waals surface area contributed by atoms with Crippen molar-refractivity contribution < 1.29 is 18.0 Å². The first-order chi connectivity index (χ1) is 8.95. The molecule has 0 saturated carbocycles. The van der Waals surface area contributed by atoms with Crippen LogP contribution in [0.3, 0.4) is 0 Å². The van der Waals surface area contributed by atoms with Crippen molar-refractivity contribution in [3.63, 3.8) is 0 Å². The number of carbonyl (C=O) groups is 1. The predicted molar refractivity (Wildman–Crippen MR) is 67.9 cm³/mol. The molecule has 3 nitrogen and oxygen atoms in total. The van der Waals surface area contributed by atoms with E-state index in [1.807, 2.05) is 6.92 Å². The van der Waals surface area contributed by atoms with Crippen LogP contribution in [-0.4, -0.2) is 19.0 Å². The van der Waals surface area contributed by atoms with Crippen LogP contribution in [0.5, 0.6) is 0 Å². The Balaban J connectivity index is 2.59. The Morgan fingerprint density at radius 1 is 1.21 bits per heavy atom. The molecule has 0 unspecified atom stereocenters. The minimum Gasteiger partial charge on any atom is -0.325 e. The van der Waals surface area contributed by atoms with E-state index < -0.39 is 17.6 Å². The fraction of sp³-hybridized carbons (Fsp3) is 0.462. The SMILES string of the molecule is CCCNCCC(=O)Nc1ccccc1C(F)(F)F. The van der Waals surface area contributed by atoms with Crippen LogP contribution in [0.15, 0.2) is 24.3 Å². The molecule has 0 atom stereocenters. The van der Waals surface area contributed by atoms with E-state index in [-0.39, 0.29) is 12.1 Å². The van der Waals surface area contributed by atoms with Gasteiger partial charge in [0, 0.05) is 13.0 Å². The van der Waals surface area contributed by atoms with Crippen molar-refractivity contribution in [2.45, 2.75) is 25.9 Å². The van der Waals surface area contributed by atoms with Gasteiger partial charge in [-0.2, -0.15) is 13.2 Å². The molecule has 2 N–H and O–H groups in total. The smallest absolute Gasteiger partial charge is 0.325 e. The van der Waals surface area contributed by atoms with Crippen LogP contribution in [-0.2, 0) is 11.0 Å². The maximum absolute atomic E-state index is 12.7. The van der Waals surface area contributed by atoms with E-state index in [1.54, 1.807) is 0 Å². The number of hydrogen-bond donors (Lipinski definition) is 2. The zero-order valence-corrected chi connectivity index (χ0v) is 10.7. The second kappa shape index (κ2) is 7.13. The second-order valence-corrected chi connectivity index (χ2v) is 4.09. The zero-order valence-electron chi connectivity index (χ0n) is 10.7. The molecule has 1 aromatic carbocycles. The molecule has 0 heterocycles. The normalized spacial score (nSPS) is 11.4. The average Bonchev–Trinajstić information content (AvgIpc) is 2.34. The van der Waals surface area contributed by atoms with Crippen LogP contribution in [0.1, 0.15) is 25.3 Å². The standard InChI is InChI=1S/C13H17F3N2O/c1-2-8-17-9-7-12(19)18-11-6-4-3-5-10(11)13(14,15)16/h3-6,17H,2,7-9H2,1H3,(H,18,19). The summed E-state index contributed by atoms with van der Waals surface area (Å²) in [5, 5.41) is 5.31. The van der Waals surface area contributed by atoms with Gasteiger partial charge in [0.2, 0.25) is 5.91 Å². The number of carbonyl (C=O) groups excluding carboxylic acids is 1. The maximum Gasteiger partial charge on any atom is 0.418 e. The lowest BCUT2D eigenvalue weighted by Crippen LogP contribution is -2.23. The van der Waals surface area contributed by atoms with Crippen molar-refractivity contribution in [3.05, 3.63) is 29.8 Å². The van der Waals surface area contributed by atoms with Gasteiger partial charge in [0.1, 0.15) is 0 Å². The Hall–Kier alpha value is -1.56. The molecule has 0 radical (unpaired) electrons. The monoisotopic (exact) mass is 274 g/mol. The van der Waals surface area contributed by atoms with Crippen molar-refractivity contribution in [2.24, 2.45) is 0 Å². The summed E-state index contributed by atoms with van der Waals surface area (Å²) in [5.74, 6) is -0.430. The first-order valence-electron chi connectivity index (χ1n) is 6.12. The Kier molecular flexibility index (Phi) is 5.82. The molecular formula is C13H17F3N2O. The fourth-order valence-electron chi connectivity index (χ4n) is 1.56. The molecule has 0 aliphatic carbocycles. The number of para-hydroxylation sites is 1. The molecule has 0 bridgehead atoms. The third kappa shape index (κ3) is 5.30. The molecule has 0 fully saturated rings. The molecule has 1 aromatic rings. The van der Waals surface area contributed by atoms with E-state index >= 15 is 0 Å². The van der Waals surface area contributed by atoms with Crippen LogP contribution < -0.4 is 10.6 Å². The van der Waals surface area contributed by atoms with E-state index in [0.717, 1.165) is 19.0 Å². The van der Waals surface area contributed by atoms with Crippen molar-refractivity contribution in [1.29, 1.82) is 0 Å². The van der Waals surface area contributed by atoms with Gasteiger partial charge < -0.3 is 10.6 Å². The van der Waals surface area contributed by atoms with Crippen LogP contribution in [0.2, 0.25) is 0 Å². The average molecular weight is 274 g/mol. The van der Waals surface area contributed by atoms with Gasteiger partial charge in [-0.3, -0.25) is 4.79 Å². The van der Waals surface area contributed by atoms with Gasteiger partial charge >= 0.3 is 6.18 Å². The van der Waals surface area contributed by atoms with E-state index in [1.165, 1.54) is 18.2 Å². The summed E-state index contributed by atoms with van der Waals surface area (Å²) in [5.41, 5.74) is -1.03. The molecule has 6 heteroatoms. The van der Waals surface area contributed by atoms with Crippen molar-refractivity contribution in [1.82, 2.24) is 5.32 Å². The molecule has 0 aromatic heterocycles. The summed E-state index contributed by atoms with van der Waals surface area (Å²) in [4.78, 5) is 11.5. The van der Waals surface area contributed by atoms with Gasteiger partial charge in [-0.1, -0.05) is 19.1 Å². The highest BCUT2D eigenvalue weighted by molar-refractivity contribution is 5.91. The topological polar surface area (TPSA) is 41.1 Å². The number of amides is 1. The van der Waals surface area contributed by atoms with Crippen LogP contribution in [0.25, 0.3) is 0 Å². The highest BCUT2D eigenvalue weighted by Crippen LogP contribution is 2.34. The van der Waals surface area contributed by atoms with E-state index in [4.69, 9.17) is 0 Å². The van der Waals surface area contributed by atoms with Crippen molar-refractivity contribution in [2.75, 3.05) is 18.4 Å². The molecule has 0 saturated heterocycles. The van der Waals surface area contributed by atoms with Crippen LogP contribution in [0.4, 0.5) is 18.9 Å². The van der Waals surface area contributed by atoms with E-state index in [9.17, 15) is 18.0 Å². The minimum absolute atomic E-state index is 0.145. The molecule has 19 heavy (non-hydrogen) atoms. The van der Waals surface area contributed by atoms with E-state index in [0.29, 0.717) is 6.54 Å². The third-order valence-electron chi connectivity index (χ3n) is 2.46. The first kappa shape index (κ1) is 15.5. The van der Waals surface area contributed by atoms with Gasteiger partial charge in [-0.25, -0.2) is 0 Å². The molecule has 0 aliphatic heterocycles. The largest absolute Gasteiger partial charge is 0.418 e. The Morgan fingerprint density at radius 3 is 2.53 bits per heavy atom. The number of anilines is 1. The summed E-state index contributed by atoms with van der Waals surface area (Å²) in [6.07, 6.45) is -3.38. The molecule has 0 aliphatic rings.